The summed E-state index contributed by atoms with van der Waals surface area (Å²) in [6, 6.07) is -19.9. The Labute approximate surface area is 628 Å². The number of nitrogens with two attached hydrogens (primary N) is 7. The Kier molecular flexibility index (Phi) is 46.0. The molecule has 0 radical (unpaired) electrons. The molecule has 0 saturated carbocycles. The number of thiol groups is 2. The average molecular weight is 1570 g/mol. The Morgan fingerprint density at radius 2 is 0.813 bits per heavy atom. The van der Waals surface area contributed by atoms with E-state index in [1.54, 1.807) is 0 Å². The first-order valence-corrected chi connectivity index (χ1v) is 35.8. The first kappa shape index (κ1) is 96.0. The van der Waals surface area contributed by atoms with Crippen molar-refractivity contribution >= 4 is 126 Å². The Morgan fingerprint density at radius 1 is 0.449 bits per heavy atom. The highest BCUT2D eigenvalue weighted by Crippen LogP contribution is 2.19. The minimum atomic E-state index is -1.86. The van der Waals surface area contributed by atoms with Crippen LogP contribution in [0.15, 0.2) is 9.98 Å². The number of aliphatic carboxylic acids is 1. The van der Waals surface area contributed by atoms with Crippen LogP contribution < -0.4 is 109 Å². The number of aliphatic hydroxyl groups excluding tert-OH is 5. The predicted octanol–water partition coefficient (Wildman–Crippen LogP) is -13.4. The van der Waals surface area contributed by atoms with Gasteiger partial charge in [-0.05, 0) is 110 Å². The summed E-state index contributed by atoms with van der Waals surface area (Å²) in [5, 5.41) is 91.3. The number of guanidine groups is 2. The maximum absolute atomic E-state index is 13.9. The topological polar surface area (TPSA) is 744 Å². The Balaban J connectivity index is 3.18. The van der Waals surface area contributed by atoms with E-state index in [2.05, 4.69) is 104 Å². The molecule has 46 heteroatoms. The number of hydrogen-bond acceptors (Lipinski definition) is 27. The molecule has 1 rings (SSSR count). The highest BCUT2D eigenvalue weighted by atomic mass is 32.1. The van der Waals surface area contributed by atoms with Crippen LogP contribution >= 0.6 is 25.3 Å². The average Bonchev–Trinajstić information content (AvgIpc) is 1.74. The van der Waals surface area contributed by atoms with Crippen LogP contribution in [0.25, 0.3) is 0 Å². The summed E-state index contributed by atoms with van der Waals surface area (Å²) in [4.78, 5) is 210. The molecule has 0 unspecified atom stereocenters. The summed E-state index contributed by atoms with van der Waals surface area (Å²) >= 11 is 8.25. The highest BCUT2D eigenvalue weighted by Gasteiger charge is 2.40. The number of aliphatic hydroxyl groups is 5. The molecule has 0 bridgehead atoms. The zero-order chi connectivity index (χ0) is 81.2. The van der Waals surface area contributed by atoms with Crippen molar-refractivity contribution in [2.75, 3.05) is 77.1 Å². The van der Waals surface area contributed by atoms with Crippen molar-refractivity contribution in [1.82, 2.24) is 74.0 Å². The molecule has 15 atom stereocenters. The fourth-order valence-electron chi connectivity index (χ4n) is 10.2. The standard InChI is InChI=1S/C61H111N23O21S2/c1-29(2)44(82-52(97)38(26-87)78-53(98)40(28-107)79-54(99)41-16-11-21-84(41)58(103)32(64)24-85)55(100)83-46(31(4)89)57(102)80-39(27-106)48(93)72-22-42(90)73-33(12-5-7-17-62)47(92)71-23-43(91)81-45(30(3)88)56(101)75-35(15-10-20-70-61(67)68)50(95)77-37(25-86)51(96)74-34(14-9-19-69-60(65)66)49(94)76-36(59(104)105)13-6-8-18-63/h29-41,44-46,85-89,106-107H,5-28,62-64H2,1-4H3,(H,71,92)(H,72,93)(H,73,90)(H,74,96)(H,75,101)(H,76,94)(H,77,95)(H,78,98)(H,79,99)(H,80,102)(H,81,91)(H,82,97)(H,83,100)(H,104,105)(H4,65,66,69)(H4,67,68,70)/t30-,31-,32+,33+,34+,35+,36+,37+,38+,39+,40+,41+,44+,45+,46+/m1/s1. The molecule has 0 aromatic heterocycles. The quantitative estimate of drug-likeness (QED) is 0.0116. The minimum absolute atomic E-state index is 0.00942. The molecule has 1 heterocycles. The smallest absolute Gasteiger partial charge is 0.326 e. The molecule has 44 nitrogen and oxygen atoms in total. The Bertz CT molecular complexity index is 3020. The summed E-state index contributed by atoms with van der Waals surface area (Å²) in [6.45, 7) is 1.12. The fourth-order valence-corrected chi connectivity index (χ4v) is 10.7. The number of likely N-dealkylation sites (tertiary alicyclic amines) is 1. The zero-order valence-electron chi connectivity index (χ0n) is 60.3. The molecule has 0 spiro atoms. The van der Waals surface area contributed by atoms with Crippen molar-refractivity contribution < 1.29 is 103 Å². The van der Waals surface area contributed by atoms with E-state index >= 15 is 0 Å². The van der Waals surface area contributed by atoms with E-state index < -0.39 is 224 Å². The molecule has 33 N–H and O–H groups in total. The van der Waals surface area contributed by atoms with E-state index in [1.165, 1.54) is 18.7 Å². The van der Waals surface area contributed by atoms with Gasteiger partial charge in [0, 0.05) is 31.1 Å². The van der Waals surface area contributed by atoms with Crippen molar-refractivity contribution in [1.29, 1.82) is 0 Å². The molecule has 1 aliphatic heterocycles. The van der Waals surface area contributed by atoms with Gasteiger partial charge < -0.3 is 145 Å². The molecular formula is C61H111N23O21S2. The summed E-state index contributed by atoms with van der Waals surface area (Å²) in [5.41, 5.74) is 38.6. The minimum Gasteiger partial charge on any atom is -0.480 e. The van der Waals surface area contributed by atoms with E-state index in [1.807, 2.05) is 0 Å². The molecule has 1 aliphatic rings. The van der Waals surface area contributed by atoms with Crippen LogP contribution in [0, 0.1) is 5.92 Å². The van der Waals surface area contributed by atoms with Crippen molar-refractivity contribution in [3.8, 4) is 0 Å². The molecule has 14 amide bonds. The van der Waals surface area contributed by atoms with Gasteiger partial charge in [0.1, 0.15) is 78.5 Å². The number of carboxylic acid groups (broad SMARTS) is 1. The number of carbonyl (C=O) groups excluding carboxylic acids is 14. The maximum Gasteiger partial charge on any atom is 0.326 e. The second kappa shape index (κ2) is 51.3. The monoisotopic (exact) mass is 1570 g/mol. The maximum atomic E-state index is 13.9. The number of carboxylic acids is 1. The molecule has 107 heavy (non-hydrogen) atoms. The summed E-state index contributed by atoms with van der Waals surface area (Å²) in [7, 11) is 0. The van der Waals surface area contributed by atoms with Gasteiger partial charge in [-0.25, -0.2) is 4.79 Å². The molecule has 608 valence electrons. The lowest BCUT2D eigenvalue weighted by Crippen LogP contribution is -2.63. The van der Waals surface area contributed by atoms with Crippen LogP contribution in [0.5, 0.6) is 0 Å². The van der Waals surface area contributed by atoms with E-state index in [-0.39, 0.29) is 102 Å². The third-order valence-corrected chi connectivity index (χ3v) is 16.9. The molecule has 0 aromatic rings. The molecular weight excluding hydrogens is 1450 g/mol. The first-order valence-electron chi connectivity index (χ1n) is 34.5. The van der Waals surface area contributed by atoms with E-state index in [4.69, 9.17) is 40.1 Å². The number of hydrogen-bond donors (Lipinski definition) is 28. The van der Waals surface area contributed by atoms with Gasteiger partial charge in [-0.1, -0.05) is 13.8 Å². The number of aliphatic imine (C=N–C) groups is 2. The SMILES string of the molecule is CC(C)[C@H](NC(=O)[C@H](CO)NC(=O)[C@H](CS)NC(=O)[C@@H]1CCCN1C(=O)[C@@H](N)CO)C(=O)N[C@H](C(=O)N[C@@H](CS)C(=O)NCC(=O)N[C@@H](CCCCN)C(=O)NCC(=O)N[C@H](C(=O)N[C@@H](CCCN=C(N)N)C(=O)N[C@@H](CO)C(=O)N[C@@H](CCCN=C(N)N)C(=O)N[C@@H](CCCCN)C(=O)O)[C@@H](C)O)[C@@H](C)O. The van der Waals surface area contributed by atoms with Gasteiger partial charge in [-0.2, -0.15) is 25.3 Å². The molecule has 1 fully saturated rings. The molecule has 0 aliphatic carbocycles. The normalized spacial score (nSPS) is 16.4. The highest BCUT2D eigenvalue weighted by molar-refractivity contribution is 7.80. The van der Waals surface area contributed by atoms with Crippen LogP contribution in [0.1, 0.15) is 105 Å². The number of rotatable bonds is 52. The van der Waals surface area contributed by atoms with Gasteiger partial charge in [0.05, 0.1) is 45.1 Å². The fraction of sp³-hybridized carbons (Fsp3) is 0.721. The van der Waals surface area contributed by atoms with Crippen LogP contribution in [-0.4, -0.2) is 304 Å². The Morgan fingerprint density at radius 3 is 1.25 bits per heavy atom. The lowest BCUT2D eigenvalue weighted by molar-refractivity contribution is -0.142. The largest absolute Gasteiger partial charge is 0.480 e. The van der Waals surface area contributed by atoms with E-state index in [0.29, 0.717) is 25.7 Å². The third-order valence-electron chi connectivity index (χ3n) is 16.2. The number of carbonyl (C=O) groups is 15. The second-order valence-electron chi connectivity index (χ2n) is 25.2. The lowest BCUT2D eigenvalue weighted by Gasteiger charge is -2.29. The van der Waals surface area contributed by atoms with Crippen molar-refractivity contribution in [2.24, 2.45) is 56.0 Å². The zero-order valence-corrected chi connectivity index (χ0v) is 62.1. The molecule has 0 aromatic carbocycles. The van der Waals surface area contributed by atoms with Gasteiger partial charge >= 0.3 is 5.97 Å². The van der Waals surface area contributed by atoms with Crippen molar-refractivity contribution in [3.63, 3.8) is 0 Å². The van der Waals surface area contributed by atoms with Gasteiger partial charge in [0.25, 0.3) is 0 Å². The summed E-state index contributed by atoms with van der Waals surface area (Å²) < 4.78 is 0. The number of unbranched alkanes of at least 4 members (excludes halogenated alkanes) is 2. The lowest BCUT2D eigenvalue weighted by atomic mass is 10.0. The van der Waals surface area contributed by atoms with Gasteiger partial charge in [-0.15, -0.1) is 0 Å². The number of amides is 14. The molecule has 1 saturated heterocycles. The van der Waals surface area contributed by atoms with Crippen molar-refractivity contribution in [3.05, 3.63) is 0 Å². The summed E-state index contributed by atoms with van der Waals surface area (Å²) in [6.07, 6.45) is -1.85. The van der Waals surface area contributed by atoms with E-state index in [9.17, 15) is 103 Å². The van der Waals surface area contributed by atoms with Crippen LogP contribution in [0.2, 0.25) is 0 Å². The van der Waals surface area contributed by atoms with Crippen LogP contribution in [-0.2, 0) is 71.9 Å². The van der Waals surface area contributed by atoms with Gasteiger partial charge in [-0.3, -0.25) is 77.1 Å². The van der Waals surface area contributed by atoms with Crippen LogP contribution in [0.4, 0.5) is 0 Å². The van der Waals surface area contributed by atoms with E-state index in [0.717, 1.165) is 13.8 Å². The third kappa shape index (κ3) is 35.5. The predicted molar refractivity (Wildman–Crippen MR) is 390 cm³/mol. The first-order chi connectivity index (χ1) is 50.5. The van der Waals surface area contributed by atoms with Gasteiger partial charge in [0.2, 0.25) is 82.7 Å². The second-order valence-corrected chi connectivity index (χ2v) is 26.0. The summed E-state index contributed by atoms with van der Waals surface area (Å²) in [5.74, 6) is -17.7. The van der Waals surface area contributed by atoms with Gasteiger partial charge in [0.15, 0.2) is 11.9 Å². The number of nitrogens with one attached hydrogen (secondary N) is 13. The van der Waals surface area contributed by atoms with Crippen molar-refractivity contribution in [2.45, 2.75) is 195 Å². The number of nitrogens with zero attached hydrogens (tertiary/aromatic N) is 3. The van der Waals surface area contributed by atoms with Crippen LogP contribution in [0.3, 0.4) is 0 Å². The Hall–Kier alpha value is -9.03.